The molecule has 0 spiro atoms. The van der Waals surface area contributed by atoms with Crippen LogP contribution in [0.2, 0.25) is 0 Å². The molecule has 0 atom stereocenters. The van der Waals surface area contributed by atoms with Crippen molar-refractivity contribution in [2.45, 2.75) is 59.3 Å². The van der Waals surface area contributed by atoms with Crippen molar-refractivity contribution >= 4 is 122 Å². The van der Waals surface area contributed by atoms with E-state index in [2.05, 4.69) is 216 Å². The quantitative estimate of drug-likeness (QED) is 0.165. The van der Waals surface area contributed by atoms with E-state index in [9.17, 15) is 0 Å². The molecule has 4 nitrogen and oxygen atoms in total. The van der Waals surface area contributed by atoms with Gasteiger partial charge in [-0.3, -0.25) is 9.80 Å². The van der Waals surface area contributed by atoms with Gasteiger partial charge in [-0.1, -0.05) is 114 Å². The Labute approximate surface area is 393 Å². The summed E-state index contributed by atoms with van der Waals surface area (Å²) in [6.07, 6.45) is 0. The number of furan rings is 2. The zero-order valence-electron chi connectivity index (χ0n) is 38.1. The summed E-state index contributed by atoms with van der Waals surface area (Å²) in [5, 5.41) is 4.83. The third-order valence-corrected chi connectivity index (χ3v) is 16.2. The highest BCUT2D eigenvalue weighted by atomic mass is 32.1. The maximum Gasteiger partial charge on any atom is 0.262 e. The fraction of sp³-hybridized carbons (Fsp3) is 0.153. The summed E-state index contributed by atoms with van der Waals surface area (Å²) < 4.78 is 17.1. The molecule has 7 heteroatoms. The largest absolute Gasteiger partial charge is 0.440 e. The van der Waals surface area contributed by atoms with Crippen LogP contribution < -0.4 is 26.2 Å². The molecule has 66 heavy (non-hydrogen) atoms. The smallest absolute Gasteiger partial charge is 0.262 e. The Bertz CT molecular complexity index is 3450. The zero-order chi connectivity index (χ0) is 44.8. The zero-order valence-corrected chi connectivity index (χ0v) is 39.7. The van der Waals surface area contributed by atoms with Crippen molar-refractivity contribution in [1.82, 2.24) is 0 Å². The van der Waals surface area contributed by atoms with Gasteiger partial charge in [0.2, 0.25) is 11.8 Å². The molecule has 6 heterocycles. The van der Waals surface area contributed by atoms with Gasteiger partial charge in [-0.2, -0.15) is 0 Å². The normalized spacial score (nSPS) is 13.6. The number of fused-ring (bicyclic) bond motifs is 10. The number of hydrogen-bond donors (Lipinski definition) is 0. The summed E-state index contributed by atoms with van der Waals surface area (Å²) in [5.74, 6) is 1.71. The summed E-state index contributed by atoms with van der Waals surface area (Å²) in [4.78, 5) is 7.30. The lowest BCUT2D eigenvalue weighted by Gasteiger charge is -2.40. The molecule has 0 N–H and O–H groups in total. The van der Waals surface area contributed by atoms with E-state index < -0.39 is 0 Å². The Morgan fingerprint density at radius 1 is 0.455 bits per heavy atom. The average molecular weight is 891 g/mol. The molecule has 0 aliphatic carbocycles. The molecule has 2 aliphatic rings. The van der Waals surface area contributed by atoms with Crippen LogP contribution in [0.3, 0.4) is 0 Å². The first-order chi connectivity index (χ1) is 31.9. The molecule has 2 aliphatic heterocycles. The minimum Gasteiger partial charge on any atom is -0.440 e. The maximum absolute atomic E-state index is 7.23. The van der Waals surface area contributed by atoms with E-state index in [-0.39, 0.29) is 17.5 Å². The van der Waals surface area contributed by atoms with E-state index in [1.165, 1.54) is 68.6 Å². The summed E-state index contributed by atoms with van der Waals surface area (Å²) in [5.41, 5.74) is 15.7. The van der Waals surface area contributed by atoms with Crippen LogP contribution in [-0.2, 0) is 10.8 Å². The minimum absolute atomic E-state index is 0.0597. The number of benzene rings is 7. The number of aryl methyl sites for hydroxylation is 1. The second-order valence-corrected chi connectivity index (χ2v) is 22.4. The average Bonchev–Trinajstić information content (AvgIpc) is 4.11. The van der Waals surface area contributed by atoms with Gasteiger partial charge in [0.25, 0.3) is 6.71 Å². The van der Waals surface area contributed by atoms with Gasteiger partial charge in [-0.15, -0.1) is 22.7 Å². The second-order valence-electron chi connectivity index (χ2n) is 20.3. The molecule has 13 rings (SSSR count). The van der Waals surface area contributed by atoms with Crippen molar-refractivity contribution in [3.63, 3.8) is 0 Å². The van der Waals surface area contributed by atoms with Gasteiger partial charge in [0.1, 0.15) is 11.2 Å². The van der Waals surface area contributed by atoms with Gasteiger partial charge in [0.05, 0.1) is 0 Å². The summed E-state index contributed by atoms with van der Waals surface area (Å²) in [6, 6.07) is 58.4. The van der Waals surface area contributed by atoms with Gasteiger partial charge < -0.3 is 8.83 Å². The summed E-state index contributed by atoms with van der Waals surface area (Å²) >= 11 is 3.68. The van der Waals surface area contributed by atoms with Crippen LogP contribution in [0, 0.1) is 6.92 Å². The number of thiophene rings is 2. The molecule has 0 saturated heterocycles. The van der Waals surface area contributed by atoms with Crippen LogP contribution in [-0.4, -0.2) is 6.71 Å². The van der Waals surface area contributed by atoms with Crippen molar-refractivity contribution in [3.8, 4) is 20.9 Å². The van der Waals surface area contributed by atoms with Gasteiger partial charge in [-0.25, -0.2) is 0 Å². The molecule has 0 bridgehead atoms. The van der Waals surface area contributed by atoms with Crippen LogP contribution >= 0.6 is 22.7 Å². The lowest BCUT2D eigenvalue weighted by molar-refractivity contribution is 0.589. The monoisotopic (exact) mass is 890 g/mol. The Kier molecular flexibility index (Phi) is 8.45. The first-order valence-corrected chi connectivity index (χ1v) is 24.6. The van der Waals surface area contributed by atoms with Gasteiger partial charge >= 0.3 is 0 Å². The molecule has 7 aromatic carbocycles. The Balaban J connectivity index is 1.07. The second kappa shape index (κ2) is 14.1. The number of rotatable bonds is 4. The van der Waals surface area contributed by atoms with E-state index in [0.29, 0.717) is 0 Å². The van der Waals surface area contributed by atoms with E-state index in [4.69, 9.17) is 8.83 Å². The molecule has 0 amide bonds. The van der Waals surface area contributed by atoms with Crippen LogP contribution in [0.4, 0.5) is 34.5 Å². The van der Waals surface area contributed by atoms with Crippen LogP contribution in [0.25, 0.3) is 63.0 Å². The minimum atomic E-state index is -0.170. The lowest BCUT2D eigenvalue weighted by atomic mass is 9.33. The molecule has 320 valence electrons. The fourth-order valence-electron chi connectivity index (χ4n) is 10.4. The van der Waals surface area contributed by atoms with E-state index in [1.54, 1.807) is 0 Å². The SMILES string of the molecule is Cc1cc2c3c(c1)N(c1ccc(-c4cc5ccccc5s4)cc1)c1oc4ccc(C(C)(C)C)cc4c1B3c1c(oc3ccc(C(C)(C)C)cc13)N2c1ccc(-c2cc3ccccc3s2)cc1. The van der Waals surface area contributed by atoms with Crippen LogP contribution in [0.1, 0.15) is 58.2 Å². The highest BCUT2D eigenvalue weighted by Crippen LogP contribution is 2.49. The number of anilines is 6. The molecular weight excluding hydrogens is 844 g/mol. The van der Waals surface area contributed by atoms with Gasteiger partial charge in [0, 0.05) is 63.6 Å². The third-order valence-electron chi connectivity index (χ3n) is 13.9. The van der Waals surface area contributed by atoms with Crippen molar-refractivity contribution in [2.75, 3.05) is 9.80 Å². The molecule has 4 aromatic heterocycles. The van der Waals surface area contributed by atoms with Crippen molar-refractivity contribution < 1.29 is 8.83 Å². The Hall–Kier alpha value is -6.80. The van der Waals surface area contributed by atoms with Crippen LogP contribution in [0.15, 0.2) is 167 Å². The predicted molar refractivity (Wildman–Crippen MR) is 284 cm³/mol. The van der Waals surface area contributed by atoms with Gasteiger partial charge in [-0.05, 0) is 147 Å². The lowest BCUT2D eigenvalue weighted by Crippen LogP contribution is -2.60. The third kappa shape index (κ3) is 6.02. The van der Waals surface area contributed by atoms with Crippen LogP contribution in [0.5, 0.6) is 0 Å². The number of hydrogen-bond acceptors (Lipinski definition) is 6. The Morgan fingerprint density at radius 2 is 0.879 bits per heavy atom. The molecule has 0 fully saturated rings. The summed E-state index contributed by atoms with van der Waals surface area (Å²) in [6.45, 7) is 15.8. The van der Waals surface area contributed by atoms with Crippen molar-refractivity contribution in [1.29, 1.82) is 0 Å². The number of nitrogens with zero attached hydrogens (tertiary/aromatic N) is 2. The molecule has 0 radical (unpaired) electrons. The summed E-state index contributed by atoms with van der Waals surface area (Å²) in [7, 11) is 0. The first kappa shape index (κ1) is 39.6. The predicted octanol–water partition coefficient (Wildman–Crippen LogP) is 15.9. The fourth-order valence-corrected chi connectivity index (χ4v) is 12.6. The topological polar surface area (TPSA) is 32.8 Å². The van der Waals surface area contributed by atoms with E-state index in [1.807, 2.05) is 22.7 Å². The molecule has 0 saturated carbocycles. The van der Waals surface area contributed by atoms with E-state index in [0.717, 1.165) is 62.0 Å². The standard InChI is InChI=1S/C59H47BN2O2S2/c1-34-28-45-55-46(29-34)62(42-24-18-36(19-25-42)52-31-38-13-9-11-15-50(38)66-52)57-54(44-33-40(59(5,6)7)21-27-48(44)64-57)60(55)53-43-32-39(58(2,3)4)20-26-47(43)63-56(53)61(45)41-22-16-35(17-23-41)51-30-37-12-8-10-14-49(37)65-51/h8-33H,1-7H3. The van der Waals surface area contributed by atoms with Crippen molar-refractivity contribution in [2.24, 2.45) is 0 Å². The maximum atomic E-state index is 7.23. The van der Waals surface area contributed by atoms with E-state index >= 15 is 0 Å². The molecular formula is C59H47BN2O2S2. The molecule has 0 unspecified atom stereocenters. The van der Waals surface area contributed by atoms with Crippen molar-refractivity contribution in [3.05, 3.63) is 174 Å². The first-order valence-electron chi connectivity index (χ1n) is 22.9. The van der Waals surface area contributed by atoms with Gasteiger partial charge in [0.15, 0.2) is 0 Å². The molecule has 11 aromatic rings. The highest BCUT2D eigenvalue weighted by molar-refractivity contribution is 7.22. The highest BCUT2D eigenvalue weighted by Gasteiger charge is 2.49. The Morgan fingerprint density at radius 3 is 1.29 bits per heavy atom.